The molecule has 9 heteroatoms. The van der Waals surface area contributed by atoms with E-state index >= 15 is 0 Å². The number of amides is 1. The summed E-state index contributed by atoms with van der Waals surface area (Å²) >= 11 is 0. The van der Waals surface area contributed by atoms with Crippen LogP contribution in [0.2, 0.25) is 0 Å². The Morgan fingerprint density at radius 1 is 1.20 bits per heavy atom. The molecule has 0 bridgehead atoms. The third-order valence-corrected chi connectivity index (χ3v) is 8.15. The lowest BCUT2D eigenvalue weighted by Gasteiger charge is -2.29. The molecule has 1 unspecified atom stereocenters. The maximum atomic E-state index is 11.8. The summed E-state index contributed by atoms with van der Waals surface area (Å²) in [5.74, 6) is 1.20. The van der Waals surface area contributed by atoms with E-state index in [2.05, 4.69) is 5.32 Å². The van der Waals surface area contributed by atoms with Crippen LogP contribution in [0.5, 0.6) is 0 Å². The molecule has 1 amide bonds. The molecule has 0 saturated carbocycles. The van der Waals surface area contributed by atoms with E-state index in [1.54, 1.807) is 0 Å². The Labute approximate surface area is 160 Å². The van der Waals surface area contributed by atoms with Gasteiger partial charge >= 0.3 is 0 Å². The highest BCUT2D eigenvalue weighted by molar-refractivity contribution is 8.77. The zero-order valence-electron chi connectivity index (χ0n) is 15.4. The quantitative estimate of drug-likeness (QED) is 0.209. The minimum absolute atomic E-state index is 0.130. The van der Waals surface area contributed by atoms with Gasteiger partial charge in [-0.3, -0.25) is 9.35 Å². The van der Waals surface area contributed by atoms with Gasteiger partial charge in [0.1, 0.15) is 0 Å². The number of rotatable bonds is 13. The van der Waals surface area contributed by atoms with Crippen LogP contribution >= 0.6 is 21.6 Å². The molecule has 1 fully saturated rings. The highest BCUT2D eigenvalue weighted by Crippen LogP contribution is 2.39. The van der Waals surface area contributed by atoms with E-state index in [0.717, 1.165) is 31.1 Å². The maximum Gasteiger partial charge on any atom is 0.265 e. The fraction of sp³-hybridized carbons (Fsp3) is 0.938. The molecule has 1 aliphatic heterocycles. The van der Waals surface area contributed by atoms with Gasteiger partial charge in [0.05, 0.1) is 32.9 Å². The fourth-order valence-electron chi connectivity index (χ4n) is 2.83. The van der Waals surface area contributed by atoms with E-state index in [9.17, 15) is 13.2 Å². The first-order valence-corrected chi connectivity index (χ1v) is 13.0. The van der Waals surface area contributed by atoms with E-state index in [4.69, 9.17) is 4.55 Å². The van der Waals surface area contributed by atoms with Crippen molar-refractivity contribution >= 4 is 37.6 Å². The van der Waals surface area contributed by atoms with Gasteiger partial charge in [0, 0.05) is 36.8 Å². The van der Waals surface area contributed by atoms with Gasteiger partial charge in [-0.1, -0.05) is 28.0 Å². The van der Waals surface area contributed by atoms with Crippen molar-refractivity contribution in [3.8, 4) is 0 Å². The largest absolute Gasteiger partial charge is 0.356 e. The highest BCUT2D eigenvalue weighted by atomic mass is 33.1. The van der Waals surface area contributed by atoms with E-state index in [0.29, 0.717) is 30.4 Å². The van der Waals surface area contributed by atoms with Crippen LogP contribution in [0.15, 0.2) is 0 Å². The van der Waals surface area contributed by atoms with Crippen LogP contribution in [0.3, 0.4) is 0 Å². The number of quaternary nitrogens is 1. The second kappa shape index (κ2) is 11.7. The Morgan fingerprint density at radius 2 is 1.92 bits per heavy atom. The molecule has 0 aromatic heterocycles. The van der Waals surface area contributed by atoms with Crippen molar-refractivity contribution in [1.29, 1.82) is 0 Å². The number of carbonyl (C=O) groups is 1. The summed E-state index contributed by atoms with van der Waals surface area (Å²) in [7, 11) is 4.15. The molecule has 1 saturated heterocycles. The Balaban J connectivity index is 2.00. The monoisotopic (exact) mass is 413 g/mol. The van der Waals surface area contributed by atoms with Gasteiger partial charge in [0.15, 0.2) is 0 Å². The number of nitrogens with one attached hydrogen (secondary N) is 1. The normalized spacial score (nSPS) is 18.4. The number of carbonyl (C=O) groups excluding carboxylic acids is 1. The lowest BCUT2D eigenvalue weighted by Crippen LogP contribution is -2.43. The highest BCUT2D eigenvalue weighted by Gasteiger charge is 2.17. The zero-order valence-corrected chi connectivity index (χ0v) is 17.9. The number of hydrogen-bond donors (Lipinski definition) is 2. The number of nitrogens with zero attached hydrogens (tertiary/aromatic N) is 1. The minimum atomic E-state index is -3.87. The van der Waals surface area contributed by atoms with Crippen LogP contribution in [0.1, 0.15) is 44.9 Å². The predicted octanol–water partition coefficient (Wildman–Crippen LogP) is 2.56. The van der Waals surface area contributed by atoms with Gasteiger partial charge in [-0.25, -0.2) is 0 Å². The van der Waals surface area contributed by atoms with Crippen LogP contribution in [-0.4, -0.2) is 73.8 Å². The van der Waals surface area contributed by atoms with Crippen molar-refractivity contribution in [2.75, 3.05) is 45.2 Å². The molecule has 0 aromatic rings. The van der Waals surface area contributed by atoms with Crippen LogP contribution < -0.4 is 5.32 Å². The summed E-state index contributed by atoms with van der Waals surface area (Å²) in [6.07, 6.45) is 6.53. The summed E-state index contributed by atoms with van der Waals surface area (Å²) in [6, 6.07) is 0. The van der Waals surface area contributed by atoms with Crippen LogP contribution in [0, 0.1) is 0 Å². The van der Waals surface area contributed by atoms with E-state index in [1.165, 1.54) is 18.6 Å². The molecular formula is C16H33N2O4S3+. The molecular weight excluding hydrogens is 380 g/mol. The third-order valence-electron chi connectivity index (χ3n) is 4.34. The van der Waals surface area contributed by atoms with E-state index < -0.39 is 10.1 Å². The average molecular weight is 414 g/mol. The Hall–Kier alpha value is 0.0400. The molecule has 0 aromatic carbocycles. The van der Waals surface area contributed by atoms with Gasteiger partial charge in [-0.05, 0) is 19.3 Å². The second-order valence-corrected chi connectivity index (χ2v) is 11.7. The summed E-state index contributed by atoms with van der Waals surface area (Å²) in [5, 5.41) is 3.76. The van der Waals surface area contributed by atoms with Crippen molar-refractivity contribution in [3.05, 3.63) is 0 Å². The van der Waals surface area contributed by atoms with Crippen molar-refractivity contribution in [1.82, 2.24) is 5.32 Å². The smallest absolute Gasteiger partial charge is 0.265 e. The van der Waals surface area contributed by atoms with Crippen LogP contribution in [0.25, 0.3) is 0 Å². The molecule has 6 nitrogen and oxygen atoms in total. The first kappa shape index (κ1) is 23.1. The summed E-state index contributed by atoms with van der Waals surface area (Å²) in [6.45, 7) is 2.21. The maximum absolute atomic E-state index is 11.8. The Morgan fingerprint density at radius 3 is 2.56 bits per heavy atom. The van der Waals surface area contributed by atoms with Gasteiger partial charge in [0.25, 0.3) is 10.1 Å². The molecule has 1 atom stereocenters. The second-order valence-electron chi connectivity index (χ2n) is 7.30. The molecule has 148 valence electrons. The first-order valence-electron chi connectivity index (χ1n) is 9.00. The van der Waals surface area contributed by atoms with E-state index in [-0.39, 0.29) is 11.7 Å². The first-order chi connectivity index (χ1) is 11.7. The topological polar surface area (TPSA) is 83.5 Å². The minimum Gasteiger partial charge on any atom is -0.356 e. The zero-order chi connectivity index (χ0) is 18.8. The van der Waals surface area contributed by atoms with Crippen molar-refractivity contribution in [2.24, 2.45) is 0 Å². The lowest BCUT2D eigenvalue weighted by molar-refractivity contribution is -0.890. The Bertz CT molecular complexity index is 492. The molecule has 25 heavy (non-hydrogen) atoms. The van der Waals surface area contributed by atoms with Crippen molar-refractivity contribution < 1.29 is 22.2 Å². The molecule has 1 rings (SSSR count). The van der Waals surface area contributed by atoms with Gasteiger partial charge in [-0.2, -0.15) is 8.42 Å². The SMILES string of the molecule is C[N+](C)(CCCNC(=O)CCCCC1CCSS1)CCCS(=O)(=O)O. The molecule has 0 spiro atoms. The summed E-state index contributed by atoms with van der Waals surface area (Å²) in [5.41, 5.74) is 0. The van der Waals surface area contributed by atoms with Gasteiger partial charge in [-0.15, -0.1) is 0 Å². The van der Waals surface area contributed by atoms with Crippen LogP contribution in [-0.2, 0) is 14.9 Å². The van der Waals surface area contributed by atoms with Gasteiger partial charge < -0.3 is 9.80 Å². The predicted molar refractivity (Wildman–Crippen MR) is 107 cm³/mol. The van der Waals surface area contributed by atoms with Crippen molar-refractivity contribution in [2.45, 2.75) is 50.2 Å². The molecule has 2 N–H and O–H groups in total. The molecule has 0 radical (unpaired) electrons. The number of hydrogen-bond acceptors (Lipinski definition) is 5. The number of unbranched alkanes of at least 4 members (excludes halogenated alkanes) is 1. The average Bonchev–Trinajstić information content (AvgIpc) is 3.00. The van der Waals surface area contributed by atoms with E-state index in [1.807, 2.05) is 35.7 Å². The molecule has 1 heterocycles. The standard InChI is InChI=1S/C16H32N2O4S3/c1-18(2,12-6-14-25(20,21)22)11-5-10-17-16(19)8-4-3-7-15-9-13-23-24-15/h15H,3-14H2,1-2H3,(H-,17,19,20,21,22)/p+1. The molecule has 0 aliphatic carbocycles. The van der Waals surface area contributed by atoms with Crippen molar-refractivity contribution in [3.63, 3.8) is 0 Å². The Kier molecular flexibility index (Phi) is 10.8. The van der Waals surface area contributed by atoms with Crippen LogP contribution in [0.4, 0.5) is 0 Å². The molecule has 1 aliphatic rings. The summed E-state index contributed by atoms with van der Waals surface area (Å²) < 4.78 is 30.9. The lowest BCUT2D eigenvalue weighted by atomic mass is 10.1. The third kappa shape index (κ3) is 12.9. The fourth-order valence-corrected chi connectivity index (χ4v) is 6.35. The van der Waals surface area contributed by atoms with Gasteiger partial charge in [0.2, 0.25) is 5.91 Å². The summed E-state index contributed by atoms with van der Waals surface area (Å²) in [4.78, 5) is 11.8.